The zero-order valence-electron chi connectivity index (χ0n) is 7.69. The van der Waals surface area contributed by atoms with Crippen LogP contribution in [0.2, 0.25) is 0 Å². The van der Waals surface area contributed by atoms with Gasteiger partial charge in [-0.2, -0.15) is 8.42 Å². The van der Waals surface area contributed by atoms with Gasteiger partial charge in [-0.25, -0.2) is 0 Å². The van der Waals surface area contributed by atoms with Crippen molar-refractivity contribution in [1.82, 2.24) is 0 Å². The summed E-state index contributed by atoms with van der Waals surface area (Å²) in [5.41, 5.74) is 5.02. The lowest BCUT2D eigenvalue weighted by molar-refractivity contribution is 0.381. The molecule has 0 aliphatic rings. The maximum Gasteiger partial charge on any atom is 0.394 e. The maximum atomic E-state index is 8.74. The first-order valence-corrected chi connectivity index (χ1v) is 5.15. The first-order valence-electron chi connectivity index (χ1n) is 3.76. The Bertz CT molecular complexity index is 250. The molecule has 13 heavy (non-hydrogen) atoms. The standard InChI is InChI=1S/C7H13N.H2O4S/c1-3-7(4-2)5-6-8;1-5(2,3)4/h7H,3-4,8H2,1-2H3;(H2,1,2,3,4). The summed E-state index contributed by atoms with van der Waals surface area (Å²) in [6.07, 6.45) is 2.22. The Labute approximate surface area is 78.9 Å². The fourth-order valence-corrected chi connectivity index (χ4v) is 0.611. The van der Waals surface area contributed by atoms with Crippen LogP contribution in [0.15, 0.2) is 0 Å². The molecule has 0 aromatic rings. The monoisotopic (exact) mass is 209 g/mol. The van der Waals surface area contributed by atoms with Crippen LogP contribution in [0.1, 0.15) is 26.7 Å². The first-order chi connectivity index (χ1) is 5.85. The summed E-state index contributed by atoms with van der Waals surface area (Å²) in [5, 5.41) is 0. The van der Waals surface area contributed by atoms with Gasteiger partial charge in [0.2, 0.25) is 0 Å². The molecule has 0 aliphatic carbocycles. The molecular formula is C7H15NO4S. The van der Waals surface area contributed by atoms with Crippen LogP contribution in [0, 0.1) is 17.9 Å². The molecule has 5 nitrogen and oxygen atoms in total. The largest absolute Gasteiger partial charge is 0.394 e. The van der Waals surface area contributed by atoms with Gasteiger partial charge in [0.15, 0.2) is 0 Å². The Hall–Kier alpha value is -0.770. The summed E-state index contributed by atoms with van der Waals surface area (Å²) in [6.45, 7) is 4.25. The number of hydrogen-bond donors (Lipinski definition) is 3. The summed E-state index contributed by atoms with van der Waals surface area (Å²) < 4.78 is 31.6. The minimum Gasteiger partial charge on any atom is -0.359 e. The molecule has 0 fully saturated rings. The van der Waals surface area contributed by atoms with Crippen LogP contribution < -0.4 is 5.73 Å². The Kier molecular flexibility index (Phi) is 8.91. The third-order valence-corrected chi connectivity index (χ3v) is 1.27. The number of hydrogen-bond acceptors (Lipinski definition) is 3. The van der Waals surface area contributed by atoms with Crippen LogP contribution in [0.3, 0.4) is 0 Å². The quantitative estimate of drug-likeness (QED) is 0.353. The van der Waals surface area contributed by atoms with Crippen molar-refractivity contribution in [3.63, 3.8) is 0 Å². The molecule has 0 radical (unpaired) electrons. The highest BCUT2D eigenvalue weighted by atomic mass is 32.3. The fourth-order valence-electron chi connectivity index (χ4n) is 0.611. The van der Waals surface area contributed by atoms with Crippen molar-refractivity contribution < 1.29 is 17.5 Å². The smallest absolute Gasteiger partial charge is 0.359 e. The topological polar surface area (TPSA) is 101 Å². The van der Waals surface area contributed by atoms with Crippen LogP contribution in [0.5, 0.6) is 0 Å². The van der Waals surface area contributed by atoms with Crippen molar-refractivity contribution >= 4 is 10.4 Å². The predicted octanol–water partition coefficient (Wildman–Crippen LogP) is 0.689. The second-order valence-corrected chi connectivity index (χ2v) is 3.15. The van der Waals surface area contributed by atoms with E-state index in [1.54, 1.807) is 0 Å². The van der Waals surface area contributed by atoms with Gasteiger partial charge in [-0.1, -0.05) is 19.8 Å². The number of rotatable bonds is 2. The summed E-state index contributed by atoms with van der Waals surface area (Å²) in [5.74, 6) is 3.42. The molecule has 78 valence electrons. The molecule has 4 N–H and O–H groups in total. The molecular weight excluding hydrogens is 194 g/mol. The van der Waals surface area contributed by atoms with Crippen molar-refractivity contribution in [3.05, 3.63) is 0 Å². The molecule has 0 heterocycles. The second kappa shape index (κ2) is 7.86. The SMILES string of the molecule is CCC(C#CN)CC.O=S(=O)(O)O. The van der Waals surface area contributed by atoms with E-state index in [4.69, 9.17) is 23.3 Å². The average molecular weight is 209 g/mol. The van der Waals surface area contributed by atoms with Crippen molar-refractivity contribution in [3.8, 4) is 12.0 Å². The van der Waals surface area contributed by atoms with Crippen LogP contribution in [-0.2, 0) is 10.4 Å². The lowest BCUT2D eigenvalue weighted by atomic mass is 10.1. The Morgan fingerprint density at radius 2 is 1.62 bits per heavy atom. The van der Waals surface area contributed by atoms with Gasteiger partial charge in [-0.15, -0.1) is 0 Å². The van der Waals surface area contributed by atoms with E-state index in [1.165, 1.54) is 0 Å². The zero-order valence-corrected chi connectivity index (χ0v) is 8.50. The fraction of sp³-hybridized carbons (Fsp3) is 0.714. The molecule has 0 amide bonds. The average Bonchev–Trinajstić information content (AvgIpc) is 1.97. The van der Waals surface area contributed by atoms with Crippen LogP contribution >= 0.6 is 0 Å². The lowest BCUT2D eigenvalue weighted by Gasteiger charge is -1.98. The van der Waals surface area contributed by atoms with E-state index in [0.29, 0.717) is 5.92 Å². The summed E-state index contributed by atoms with van der Waals surface area (Å²) >= 11 is 0. The molecule has 0 saturated heterocycles. The molecule has 0 spiro atoms. The van der Waals surface area contributed by atoms with Crippen LogP contribution in [0.4, 0.5) is 0 Å². The van der Waals surface area contributed by atoms with E-state index in [2.05, 4.69) is 25.8 Å². The zero-order chi connectivity index (χ0) is 10.9. The molecule has 0 aromatic carbocycles. The van der Waals surface area contributed by atoms with E-state index in [1.807, 2.05) is 0 Å². The minimum atomic E-state index is -4.67. The highest BCUT2D eigenvalue weighted by Crippen LogP contribution is 2.03. The molecule has 0 rings (SSSR count). The van der Waals surface area contributed by atoms with E-state index < -0.39 is 10.4 Å². The number of nitrogens with two attached hydrogens (primary N) is 1. The summed E-state index contributed by atoms with van der Waals surface area (Å²) in [4.78, 5) is 0. The van der Waals surface area contributed by atoms with Gasteiger partial charge >= 0.3 is 10.4 Å². The van der Waals surface area contributed by atoms with E-state index in [-0.39, 0.29) is 0 Å². The van der Waals surface area contributed by atoms with Gasteiger partial charge in [0.25, 0.3) is 0 Å². The van der Waals surface area contributed by atoms with Gasteiger partial charge < -0.3 is 5.73 Å². The van der Waals surface area contributed by atoms with Gasteiger partial charge in [-0.05, 0) is 12.8 Å². The van der Waals surface area contributed by atoms with Crippen LogP contribution in [-0.4, -0.2) is 17.5 Å². The summed E-state index contributed by atoms with van der Waals surface area (Å²) in [7, 11) is -4.67. The van der Waals surface area contributed by atoms with Crippen LogP contribution in [0.25, 0.3) is 0 Å². The van der Waals surface area contributed by atoms with Crippen molar-refractivity contribution in [2.45, 2.75) is 26.7 Å². The first kappa shape index (κ1) is 14.7. The van der Waals surface area contributed by atoms with Gasteiger partial charge in [0, 0.05) is 12.0 Å². The highest BCUT2D eigenvalue weighted by molar-refractivity contribution is 7.79. The van der Waals surface area contributed by atoms with Gasteiger partial charge in [-0.3, -0.25) is 9.11 Å². The Balaban J connectivity index is 0. The van der Waals surface area contributed by atoms with E-state index >= 15 is 0 Å². The lowest BCUT2D eigenvalue weighted by Crippen LogP contribution is -1.92. The van der Waals surface area contributed by atoms with E-state index in [9.17, 15) is 0 Å². The van der Waals surface area contributed by atoms with Crippen molar-refractivity contribution in [2.24, 2.45) is 11.7 Å². The van der Waals surface area contributed by atoms with Gasteiger partial charge in [0.05, 0.1) is 0 Å². The van der Waals surface area contributed by atoms with E-state index in [0.717, 1.165) is 12.8 Å². The Morgan fingerprint density at radius 3 is 1.69 bits per heavy atom. The molecule has 0 atom stereocenters. The molecule has 0 unspecified atom stereocenters. The second-order valence-electron chi connectivity index (χ2n) is 2.25. The normalized spacial score (nSPS) is 9.62. The third-order valence-electron chi connectivity index (χ3n) is 1.27. The highest BCUT2D eigenvalue weighted by Gasteiger charge is 1.94. The summed E-state index contributed by atoms with van der Waals surface area (Å²) in [6, 6.07) is 2.42. The molecule has 0 bridgehead atoms. The third kappa shape index (κ3) is 24.6. The van der Waals surface area contributed by atoms with Gasteiger partial charge in [0.1, 0.15) is 0 Å². The molecule has 0 saturated carbocycles. The van der Waals surface area contributed by atoms with Crippen molar-refractivity contribution in [2.75, 3.05) is 0 Å². The molecule has 0 aromatic heterocycles. The predicted molar refractivity (Wildman–Crippen MR) is 50.2 cm³/mol. The van der Waals surface area contributed by atoms with Crippen molar-refractivity contribution in [1.29, 1.82) is 0 Å². The maximum absolute atomic E-state index is 8.74. The molecule has 0 aliphatic heterocycles. The molecule has 6 heteroatoms. The Morgan fingerprint density at radius 1 is 1.31 bits per heavy atom. The minimum absolute atomic E-state index is 0.514.